The van der Waals surface area contributed by atoms with Crippen molar-refractivity contribution in [2.45, 2.75) is 24.7 Å². The molecule has 7 heteroatoms. The van der Waals surface area contributed by atoms with Gasteiger partial charge in [0.25, 0.3) is 9.05 Å². The van der Waals surface area contributed by atoms with E-state index in [1.807, 2.05) is 0 Å². The molecule has 0 aromatic carbocycles. The Hall–Kier alpha value is -0.750. The molecule has 0 fully saturated rings. The van der Waals surface area contributed by atoms with Crippen LogP contribution in [0.25, 0.3) is 0 Å². The Kier molecular flexibility index (Phi) is 2.53. The lowest BCUT2D eigenvalue weighted by atomic mass is 10.1. The van der Waals surface area contributed by atoms with Crippen LogP contribution >= 0.6 is 10.7 Å². The molecule has 0 spiro atoms. The van der Waals surface area contributed by atoms with E-state index < -0.39 is 9.05 Å². The van der Waals surface area contributed by atoms with Crippen molar-refractivity contribution in [3.8, 4) is 0 Å². The molecule has 1 rings (SSSR count). The van der Waals surface area contributed by atoms with E-state index in [0.717, 1.165) is 0 Å². The first-order valence-electron chi connectivity index (χ1n) is 3.53. The molecule has 0 saturated carbocycles. The second kappa shape index (κ2) is 3.19. The summed E-state index contributed by atoms with van der Waals surface area (Å²) in [6, 6.07) is 0. The average molecular weight is 225 g/mol. The molecular weight excluding hydrogens is 216 g/mol. The van der Waals surface area contributed by atoms with Crippen LogP contribution in [0.4, 0.5) is 5.82 Å². The van der Waals surface area contributed by atoms with E-state index in [1.54, 1.807) is 13.8 Å². The maximum absolute atomic E-state index is 11.0. The molecule has 0 saturated heterocycles. The molecule has 1 aromatic heterocycles. The summed E-state index contributed by atoms with van der Waals surface area (Å²) in [5.41, 5.74) is 5.30. The maximum Gasteiger partial charge on any atom is 0.268 e. The van der Waals surface area contributed by atoms with E-state index in [9.17, 15) is 8.42 Å². The molecule has 0 bridgehead atoms. The quantitative estimate of drug-likeness (QED) is 0.766. The molecule has 0 radical (unpaired) electrons. The molecule has 2 N–H and O–H groups in total. The van der Waals surface area contributed by atoms with Crippen LogP contribution in [0.3, 0.4) is 0 Å². The fourth-order valence-electron chi connectivity index (χ4n) is 0.920. The number of anilines is 1. The predicted octanol–water partition coefficient (Wildman–Crippen LogP) is 1.31. The van der Waals surface area contributed by atoms with Gasteiger partial charge in [-0.05, 0) is 0 Å². The van der Waals surface area contributed by atoms with Gasteiger partial charge in [0.15, 0.2) is 16.5 Å². The predicted molar refractivity (Wildman–Crippen MR) is 48.0 cm³/mol. The number of aromatic nitrogens is 1. The first kappa shape index (κ1) is 10.3. The third-order valence-corrected chi connectivity index (χ3v) is 2.83. The van der Waals surface area contributed by atoms with Crippen LogP contribution in [0, 0.1) is 0 Å². The van der Waals surface area contributed by atoms with Crippen molar-refractivity contribution in [3.63, 3.8) is 0 Å². The van der Waals surface area contributed by atoms with Gasteiger partial charge in [-0.1, -0.05) is 19.0 Å². The molecular formula is C6H9ClN2O3S. The van der Waals surface area contributed by atoms with Gasteiger partial charge in [0.2, 0.25) is 0 Å². The lowest BCUT2D eigenvalue weighted by Crippen LogP contribution is -1.99. The first-order chi connectivity index (χ1) is 5.84. The molecule has 0 aliphatic heterocycles. The van der Waals surface area contributed by atoms with E-state index in [1.165, 1.54) is 0 Å². The third-order valence-electron chi connectivity index (χ3n) is 1.47. The minimum atomic E-state index is -3.87. The highest BCUT2D eigenvalue weighted by atomic mass is 35.7. The topological polar surface area (TPSA) is 86.2 Å². The van der Waals surface area contributed by atoms with Gasteiger partial charge in [0, 0.05) is 16.6 Å². The van der Waals surface area contributed by atoms with Crippen LogP contribution in [-0.4, -0.2) is 13.6 Å². The second-order valence-corrected chi connectivity index (χ2v) is 5.36. The highest BCUT2D eigenvalue weighted by Gasteiger charge is 2.26. The zero-order valence-electron chi connectivity index (χ0n) is 7.11. The number of hydrogen-bond acceptors (Lipinski definition) is 5. The fraction of sp³-hybridized carbons (Fsp3) is 0.500. The Bertz CT molecular complexity index is 410. The van der Waals surface area contributed by atoms with Crippen molar-refractivity contribution in [3.05, 3.63) is 5.76 Å². The zero-order valence-corrected chi connectivity index (χ0v) is 8.69. The van der Waals surface area contributed by atoms with E-state index in [-0.39, 0.29) is 22.4 Å². The van der Waals surface area contributed by atoms with Crippen LogP contribution in [0.1, 0.15) is 25.5 Å². The highest BCUT2D eigenvalue weighted by molar-refractivity contribution is 8.13. The normalized spacial score (nSPS) is 12.3. The summed E-state index contributed by atoms with van der Waals surface area (Å²) in [5.74, 6) is -0.139. The minimum Gasteiger partial charge on any atom is -0.380 e. The van der Waals surface area contributed by atoms with Gasteiger partial charge in [-0.3, -0.25) is 0 Å². The number of nitrogens with zero attached hydrogens (tertiary/aromatic N) is 1. The van der Waals surface area contributed by atoms with Crippen LogP contribution in [0.5, 0.6) is 0 Å². The molecule has 1 heterocycles. The van der Waals surface area contributed by atoms with E-state index >= 15 is 0 Å². The summed E-state index contributed by atoms with van der Waals surface area (Å²) in [4.78, 5) is -0.218. The molecule has 5 nitrogen and oxygen atoms in total. The van der Waals surface area contributed by atoms with Crippen LogP contribution in [0.15, 0.2) is 9.42 Å². The van der Waals surface area contributed by atoms with Gasteiger partial charge in [-0.2, -0.15) is 0 Å². The largest absolute Gasteiger partial charge is 0.380 e. The van der Waals surface area contributed by atoms with Gasteiger partial charge in [0.1, 0.15) is 0 Å². The van der Waals surface area contributed by atoms with E-state index in [0.29, 0.717) is 0 Å². The number of hydrogen-bond donors (Lipinski definition) is 1. The van der Waals surface area contributed by atoms with Crippen molar-refractivity contribution in [2.75, 3.05) is 5.73 Å². The highest BCUT2D eigenvalue weighted by Crippen LogP contribution is 2.30. The van der Waals surface area contributed by atoms with Crippen molar-refractivity contribution in [1.29, 1.82) is 0 Å². The summed E-state index contributed by atoms with van der Waals surface area (Å²) in [5, 5.41) is 3.34. The number of rotatable bonds is 2. The molecule has 0 aliphatic rings. The smallest absolute Gasteiger partial charge is 0.268 e. The Labute approximate surface area is 80.3 Å². The fourth-order valence-corrected chi connectivity index (χ4v) is 2.19. The summed E-state index contributed by atoms with van der Waals surface area (Å²) < 4.78 is 26.8. The molecule has 0 atom stereocenters. The minimum absolute atomic E-state index is 0.131. The van der Waals surface area contributed by atoms with Gasteiger partial charge in [-0.25, -0.2) is 8.42 Å². The third kappa shape index (κ3) is 1.94. The summed E-state index contributed by atoms with van der Waals surface area (Å²) in [6.07, 6.45) is 0. The standard InChI is InChI=1S/C6H9ClN2O3S/c1-3(2)4-5(13(7,10)11)6(8)9-12-4/h3H,1-2H3,(H2,8,9). The number of halogens is 1. The SMILES string of the molecule is CC(C)c1onc(N)c1S(=O)(=O)Cl. The van der Waals surface area contributed by atoms with Gasteiger partial charge >= 0.3 is 0 Å². The monoisotopic (exact) mass is 224 g/mol. The average Bonchev–Trinajstić information content (AvgIpc) is 2.28. The summed E-state index contributed by atoms with van der Waals surface area (Å²) >= 11 is 0. The van der Waals surface area contributed by atoms with Crippen molar-refractivity contribution in [2.24, 2.45) is 0 Å². The molecule has 1 aromatic rings. The Morgan fingerprint density at radius 2 is 2.08 bits per heavy atom. The van der Waals surface area contributed by atoms with Crippen molar-refractivity contribution < 1.29 is 12.9 Å². The Morgan fingerprint density at radius 3 is 2.38 bits per heavy atom. The molecule has 0 unspecified atom stereocenters. The van der Waals surface area contributed by atoms with Crippen LogP contribution in [-0.2, 0) is 9.05 Å². The second-order valence-electron chi connectivity index (χ2n) is 2.85. The van der Waals surface area contributed by atoms with Crippen LogP contribution in [0.2, 0.25) is 0 Å². The van der Waals surface area contributed by atoms with Crippen molar-refractivity contribution >= 4 is 25.6 Å². The lowest BCUT2D eigenvalue weighted by Gasteiger charge is -1.99. The van der Waals surface area contributed by atoms with Gasteiger partial charge < -0.3 is 10.3 Å². The summed E-state index contributed by atoms with van der Waals surface area (Å²) in [6.45, 7) is 3.51. The number of nitrogen functional groups attached to an aromatic ring is 1. The number of nitrogens with two attached hydrogens (primary N) is 1. The van der Waals surface area contributed by atoms with Crippen LogP contribution < -0.4 is 5.73 Å². The first-order valence-corrected chi connectivity index (χ1v) is 5.84. The van der Waals surface area contributed by atoms with E-state index in [4.69, 9.17) is 20.9 Å². The van der Waals surface area contributed by atoms with Gasteiger partial charge in [-0.15, -0.1) is 0 Å². The maximum atomic E-state index is 11.0. The van der Waals surface area contributed by atoms with E-state index in [2.05, 4.69) is 5.16 Å². The molecule has 0 amide bonds. The molecule has 0 aliphatic carbocycles. The Balaban J connectivity index is 3.42. The zero-order chi connectivity index (χ0) is 10.2. The lowest BCUT2D eigenvalue weighted by molar-refractivity contribution is 0.368. The summed E-state index contributed by atoms with van der Waals surface area (Å²) in [7, 11) is 1.27. The van der Waals surface area contributed by atoms with Gasteiger partial charge in [0.05, 0.1) is 0 Å². The Morgan fingerprint density at radius 1 is 1.54 bits per heavy atom. The van der Waals surface area contributed by atoms with Crippen molar-refractivity contribution in [1.82, 2.24) is 5.16 Å². The molecule has 74 valence electrons. The molecule has 13 heavy (non-hydrogen) atoms.